The molecule has 0 amide bonds. The zero-order valence-corrected chi connectivity index (χ0v) is 13.0. The largest absolute Gasteiger partial charge is 0.455 e. The molecule has 0 radical (unpaired) electrons. The van der Waals surface area contributed by atoms with Crippen molar-refractivity contribution in [3.8, 4) is 11.6 Å². The van der Waals surface area contributed by atoms with Gasteiger partial charge < -0.3 is 24.4 Å². The summed E-state index contributed by atoms with van der Waals surface area (Å²) in [6, 6.07) is 6.01. The van der Waals surface area contributed by atoms with Crippen LogP contribution in [-0.4, -0.2) is 37.7 Å². The number of hydrogen-bond donors (Lipinski definition) is 3. The number of hydrogen-bond acceptors (Lipinski definition) is 5. The maximum absolute atomic E-state index is 9.29. The van der Waals surface area contributed by atoms with E-state index in [2.05, 4.69) is 19.9 Å². The van der Waals surface area contributed by atoms with Crippen LogP contribution in [0.3, 0.4) is 0 Å². The van der Waals surface area contributed by atoms with Crippen LogP contribution < -0.4 is 5.32 Å². The molecule has 4 aromatic rings. The van der Waals surface area contributed by atoms with Crippen LogP contribution in [0.4, 0.5) is 0 Å². The van der Waals surface area contributed by atoms with E-state index in [1.165, 1.54) is 0 Å². The highest BCUT2D eigenvalue weighted by Crippen LogP contribution is 2.34. The number of aliphatic hydroxyl groups excluding tert-OH is 1. The Balaban J connectivity index is 1.83. The van der Waals surface area contributed by atoms with Gasteiger partial charge in [0.25, 0.3) is 0 Å². The molecule has 5 rings (SSSR count). The Labute approximate surface area is 137 Å². The van der Waals surface area contributed by atoms with Crippen molar-refractivity contribution in [1.29, 1.82) is 0 Å². The molecule has 1 unspecified atom stereocenters. The van der Waals surface area contributed by atoms with E-state index in [1.807, 2.05) is 18.3 Å². The van der Waals surface area contributed by atoms with E-state index in [0.717, 1.165) is 47.4 Å². The van der Waals surface area contributed by atoms with Crippen LogP contribution in [0, 0.1) is 0 Å². The van der Waals surface area contributed by atoms with E-state index in [9.17, 15) is 5.11 Å². The van der Waals surface area contributed by atoms with Gasteiger partial charge in [0.2, 0.25) is 0 Å². The Kier molecular flexibility index (Phi) is 2.97. The molecule has 4 aromatic heterocycles. The van der Waals surface area contributed by atoms with Gasteiger partial charge in [-0.1, -0.05) is 0 Å². The number of H-pyrrole nitrogens is 1. The van der Waals surface area contributed by atoms with Gasteiger partial charge in [-0.3, -0.25) is 0 Å². The third-order valence-corrected chi connectivity index (χ3v) is 4.67. The van der Waals surface area contributed by atoms with E-state index in [-0.39, 0.29) is 6.61 Å². The van der Waals surface area contributed by atoms with Gasteiger partial charge >= 0.3 is 0 Å². The summed E-state index contributed by atoms with van der Waals surface area (Å²) in [6.07, 6.45) is 4.74. The number of aliphatic hydroxyl groups is 1. The molecule has 1 fully saturated rings. The number of nitrogens with one attached hydrogen (secondary N) is 2. The number of nitrogens with zero attached hydrogens (tertiary/aromatic N) is 3. The number of aromatic amines is 1. The van der Waals surface area contributed by atoms with E-state index < -0.39 is 0 Å². The van der Waals surface area contributed by atoms with Crippen LogP contribution in [-0.2, 0) is 6.61 Å². The first kappa shape index (κ1) is 13.8. The number of furan rings is 1. The Morgan fingerprint density at radius 2 is 2.29 bits per heavy atom. The average Bonchev–Trinajstić information content (AvgIpc) is 3.38. The van der Waals surface area contributed by atoms with Crippen LogP contribution in [0.2, 0.25) is 0 Å². The quantitative estimate of drug-likeness (QED) is 0.537. The second-order valence-electron chi connectivity index (χ2n) is 6.11. The summed E-state index contributed by atoms with van der Waals surface area (Å²) >= 11 is 0. The number of aromatic nitrogens is 4. The standard InChI is InChI=1S/C17H17N5O2/c23-9-11-1-2-14(24-11)17-21-13-8-20-16-12(4-6-19-16)15(13)22(17)10-3-5-18-7-10/h1-2,4,6,8,10,18,23H,3,5,7,9H2,(H,19,20). The fourth-order valence-electron chi connectivity index (χ4n) is 3.56. The lowest BCUT2D eigenvalue weighted by molar-refractivity contribution is 0.248. The van der Waals surface area contributed by atoms with Gasteiger partial charge in [0.1, 0.15) is 23.5 Å². The molecule has 1 atom stereocenters. The van der Waals surface area contributed by atoms with Crippen molar-refractivity contribution in [2.24, 2.45) is 0 Å². The number of fused-ring (bicyclic) bond motifs is 3. The highest BCUT2D eigenvalue weighted by atomic mass is 16.4. The molecule has 0 bridgehead atoms. The second kappa shape index (κ2) is 5.19. The first-order valence-electron chi connectivity index (χ1n) is 8.10. The predicted octanol–water partition coefficient (Wildman–Crippen LogP) is 2.20. The number of pyridine rings is 1. The topological polar surface area (TPSA) is 91.9 Å². The van der Waals surface area contributed by atoms with Crippen LogP contribution in [0.25, 0.3) is 33.7 Å². The number of rotatable bonds is 3. The molecule has 0 spiro atoms. The van der Waals surface area contributed by atoms with Crippen LogP contribution >= 0.6 is 0 Å². The average molecular weight is 323 g/mol. The van der Waals surface area contributed by atoms with Gasteiger partial charge in [-0.25, -0.2) is 9.97 Å². The normalized spacial score (nSPS) is 18.1. The van der Waals surface area contributed by atoms with Crippen molar-refractivity contribution < 1.29 is 9.52 Å². The van der Waals surface area contributed by atoms with Crippen molar-refractivity contribution in [3.05, 3.63) is 36.4 Å². The lowest BCUT2D eigenvalue weighted by Gasteiger charge is -2.15. The summed E-state index contributed by atoms with van der Waals surface area (Å²) in [4.78, 5) is 12.4. The number of imidazole rings is 1. The molecule has 122 valence electrons. The van der Waals surface area contributed by atoms with Gasteiger partial charge in [0.15, 0.2) is 11.6 Å². The first-order chi connectivity index (χ1) is 11.8. The highest BCUT2D eigenvalue weighted by Gasteiger charge is 2.26. The van der Waals surface area contributed by atoms with Crippen molar-refractivity contribution in [2.75, 3.05) is 13.1 Å². The van der Waals surface area contributed by atoms with Crippen molar-refractivity contribution in [1.82, 2.24) is 24.8 Å². The summed E-state index contributed by atoms with van der Waals surface area (Å²) in [5.74, 6) is 2.00. The molecule has 5 heterocycles. The lowest BCUT2D eigenvalue weighted by Crippen LogP contribution is -2.14. The Bertz CT molecular complexity index is 1020. The predicted molar refractivity (Wildman–Crippen MR) is 89.5 cm³/mol. The first-order valence-corrected chi connectivity index (χ1v) is 8.10. The van der Waals surface area contributed by atoms with E-state index >= 15 is 0 Å². The van der Waals surface area contributed by atoms with Gasteiger partial charge in [-0.15, -0.1) is 0 Å². The molecule has 7 heteroatoms. The van der Waals surface area contributed by atoms with Crippen LogP contribution in [0.1, 0.15) is 18.2 Å². The minimum Gasteiger partial charge on any atom is -0.455 e. The van der Waals surface area contributed by atoms with Gasteiger partial charge in [0, 0.05) is 24.2 Å². The molecular weight excluding hydrogens is 306 g/mol. The molecular formula is C17H17N5O2. The summed E-state index contributed by atoms with van der Waals surface area (Å²) < 4.78 is 8.02. The van der Waals surface area contributed by atoms with Crippen molar-refractivity contribution in [2.45, 2.75) is 19.1 Å². The van der Waals surface area contributed by atoms with E-state index in [1.54, 1.807) is 12.3 Å². The maximum Gasteiger partial charge on any atom is 0.177 e. The second-order valence-corrected chi connectivity index (χ2v) is 6.11. The molecule has 3 N–H and O–H groups in total. The summed E-state index contributed by atoms with van der Waals surface area (Å²) in [6.45, 7) is 1.78. The zero-order chi connectivity index (χ0) is 16.1. The van der Waals surface area contributed by atoms with E-state index in [4.69, 9.17) is 9.40 Å². The molecule has 1 saturated heterocycles. The molecule has 0 aromatic carbocycles. The fraction of sp³-hybridized carbons (Fsp3) is 0.294. The Hall–Kier alpha value is -2.64. The fourth-order valence-corrected chi connectivity index (χ4v) is 3.56. The van der Waals surface area contributed by atoms with Crippen LogP contribution in [0.5, 0.6) is 0 Å². The molecule has 0 aliphatic carbocycles. The van der Waals surface area contributed by atoms with Gasteiger partial charge in [-0.05, 0) is 31.2 Å². The third kappa shape index (κ3) is 1.92. The molecule has 1 aliphatic heterocycles. The minimum atomic E-state index is -0.116. The Morgan fingerprint density at radius 3 is 3.08 bits per heavy atom. The summed E-state index contributed by atoms with van der Waals surface area (Å²) in [5.41, 5.74) is 2.79. The summed E-state index contributed by atoms with van der Waals surface area (Å²) in [7, 11) is 0. The van der Waals surface area contributed by atoms with E-state index in [0.29, 0.717) is 17.6 Å². The molecule has 7 nitrogen and oxygen atoms in total. The van der Waals surface area contributed by atoms with Gasteiger partial charge in [-0.2, -0.15) is 0 Å². The Morgan fingerprint density at radius 1 is 1.33 bits per heavy atom. The SMILES string of the molecule is OCc1ccc(-c2nc3cnc4[nH]ccc4c3n2C2CCNC2)o1. The maximum atomic E-state index is 9.29. The zero-order valence-electron chi connectivity index (χ0n) is 13.0. The van der Waals surface area contributed by atoms with Crippen molar-refractivity contribution in [3.63, 3.8) is 0 Å². The van der Waals surface area contributed by atoms with Gasteiger partial charge in [0.05, 0.1) is 11.7 Å². The van der Waals surface area contributed by atoms with Crippen LogP contribution in [0.15, 0.2) is 35.0 Å². The molecule has 1 aliphatic rings. The lowest BCUT2D eigenvalue weighted by atomic mass is 10.2. The monoisotopic (exact) mass is 323 g/mol. The molecule has 0 saturated carbocycles. The van der Waals surface area contributed by atoms with Crippen molar-refractivity contribution >= 4 is 22.1 Å². The minimum absolute atomic E-state index is 0.116. The molecule has 24 heavy (non-hydrogen) atoms. The third-order valence-electron chi connectivity index (χ3n) is 4.67. The highest BCUT2D eigenvalue weighted by molar-refractivity contribution is 6.02. The smallest absolute Gasteiger partial charge is 0.177 e. The summed E-state index contributed by atoms with van der Waals surface area (Å²) in [5, 5.41) is 13.8.